The lowest BCUT2D eigenvalue weighted by atomic mass is 10.1. The van der Waals surface area contributed by atoms with Crippen molar-refractivity contribution in [1.29, 1.82) is 5.41 Å². The number of hydrogen-bond acceptors (Lipinski definition) is 5. The molecule has 30 heavy (non-hydrogen) atoms. The number of hydrogen-bond donors (Lipinski definition) is 3. The lowest BCUT2D eigenvalue weighted by Crippen LogP contribution is -2.20. The van der Waals surface area contributed by atoms with Crippen molar-refractivity contribution in [1.82, 2.24) is 9.97 Å². The molecule has 0 radical (unpaired) electrons. The number of halogens is 3. The summed E-state index contributed by atoms with van der Waals surface area (Å²) in [4.78, 5) is 19.3. The number of nitrogens with zero attached hydrogens (tertiary/aromatic N) is 1. The van der Waals surface area contributed by atoms with Gasteiger partial charge in [-0.1, -0.05) is 30.3 Å². The second kappa shape index (κ2) is 8.40. The molecule has 1 aromatic heterocycles. The number of ether oxygens (including phenoxy) is 1. The fraction of sp³-hybridized carbons (Fsp3) is 0.190. The van der Waals surface area contributed by atoms with Gasteiger partial charge in [-0.3, -0.25) is 4.79 Å². The van der Waals surface area contributed by atoms with Crippen LogP contribution in [0, 0.1) is 19.3 Å². The SMILES string of the molecule is Cc1ccc(C)c(Nc2nc(Cc3ccccc3OC(F)(F)F)[nH]c(=O)c2C=N)c1. The molecule has 0 atom stereocenters. The maximum absolute atomic E-state index is 12.7. The lowest BCUT2D eigenvalue weighted by molar-refractivity contribution is -0.274. The summed E-state index contributed by atoms with van der Waals surface area (Å²) in [6.45, 7) is 3.79. The van der Waals surface area contributed by atoms with Crippen LogP contribution in [0.3, 0.4) is 0 Å². The number of aromatic amines is 1. The van der Waals surface area contributed by atoms with Crippen LogP contribution in [-0.2, 0) is 6.42 Å². The van der Waals surface area contributed by atoms with Crippen LogP contribution in [0.25, 0.3) is 0 Å². The number of aryl methyl sites for hydroxylation is 2. The van der Waals surface area contributed by atoms with Crippen LogP contribution in [0.2, 0.25) is 0 Å². The molecule has 0 unspecified atom stereocenters. The third-order valence-electron chi connectivity index (χ3n) is 4.35. The molecule has 0 aliphatic heterocycles. The molecule has 0 aliphatic rings. The molecule has 3 N–H and O–H groups in total. The second-order valence-corrected chi connectivity index (χ2v) is 6.69. The summed E-state index contributed by atoms with van der Waals surface area (Å²) in [5.41, 5.74) is 2.25. The Morgan fingerprint density at radius 1 is 1.20 bits per heavy atom. The Morgan fingerprint density at radius 2 is 1.93 bits per heavy atom. The van der Waals surface area contributed by atoms with Gasteiger partial charge in [0.25, 0.3) is 5.56 Å². The number of rotatable bonds is 6. The fourth-order valence-corrected chi connectivity index (χ4v) is 2.89. The molecular formula is C21H19F3N4O2. The Hall–Kier alpha value is -3.62. The zero-order chi connectivity index (χ0) is 21.9. The van der Waals surface area contributed by atoms with E-state index in [1.54, 1.807) is 6.07 Å². The third kappa shape index (κ3) is 5.05. The highest BCUT2D eigenvalue weighted by Crippen LogP contribution is 2.28. The first-order chi connectivity index (χ1) is 14.2. The molecule has 0 aliphatic carbocycles. The Kier molecular flexibility index (Phi) is 5.91. The highest BCUT2D eigenvalue weighted by atomic mass is 19.4. The van der Waals surface area contributed by atoms with E-state index in [9.17, 15) is 18.0 Å². The molecule has 156 valence electrons. The summed E-state index contributed by atoms with van der Waals surface area (Å²) < 4.78 is 42.1. The van der Waals surface area contributed by atoms with E-state index in [0.29, 0.717) is 5.69 Å². The Labute approximate surface area is 170 Å². The molecule has 3 aromatic rings. The topological polar surface area (TPSA) is 90.9 Å². The molecule has 9 heteroatoms. The molecule has 0 fully saturated rings. The standard InChI is InChI=1S/C21H19F3N4O2/c1-12-7-8-13(2)16(9-12)26-19-15(11-25)20(29)28-18(27-19)10-14-5-3-4-6-17(14)30-21(22,23)24/h3-9,11,25H,10H2,1-2H3,(H2,26,27,28,29). The van der Waals surface area contributed by atoms with E-state index in [0.717, 1.165) is 17.3 Å². The van der Waals surface area contributed by atoms with Crippen LogP contribution >= 0.6 is 0 Å². The fourth-order valence-electron chi connectivity index (χ4n) is 2.89. The number of anilines is 2. The van der Waals surface area contributed by atoms with Gasteiger partial charge in [-0.25, -0.2) is 4.98 Å². The summed E-state index contributed by atoms with van der Waals surface area (Å²) in [7, 11) is 0. The molecular weight excluding hydrogens is 397 g/mol. The minimum absolute atomic E-state index is 0.0134. The highest BCUT2D eigenvalue weighted by molar-refractivity contribution is 5.85. The summed E-state index contributed by atoms with van der Waals surface area (Å²) in [6.07, 6.45) is -4.05. The number of nitrogens with one attached hydrogen (secondary N) is 3. The minimum Gasteiger partial charge on any atom is -0.405 e. The smallest absolute Gasteiger partial charge is 0.405 e. The first-order valence-electron chi connectivity index (χ1n) is 8.98. The average molecular weight is 416 g/mol. The molecule has 0 bridgehead atoms. The Morgan fingerprint density at radius 3 is 2.63 bits per heavy atom. The van der Waals surface area contributed by atoms with Gasteiger partial charge in [0.05, 0.1) is 5.56 Å². The van der Waals surface area contributed by atoms with Crippen molar-refractivity contribution in [2.45, 2.75) is 26.6 Å². The molecule has 6 nitrogen and oxygen atoms in total. The molecule has 1 heterocycles. The maximum atomic E-state index is 12.7. The van der Waals surface area contributed by atoms with Crippen LogP contribution in [0.15, 0.2) is 47.3 Å². The number of alkyl halides is 3. The summed E-state index contributed by atoms with van der Waals surface area (Å²) in [6, 6.07) is 11.4. The second-order valence-electron chi connectivity index (χ2n) is 6.69. The van der Waals surface area contributed by atoms with Gasteiger partial charge in [0.2, 0.25) is 0 Å². The zero-order valence-corrected chi connectivity index (χ0v) is 16.2. The number of benzene rings is 2. The summed E-state index contributed by atoms with van der Waals surface area (Å²) >= 11 is 0. The van der Waals surface area contributed by atoms with Gasteiger partial charge in [-0.05, 0) is 37.1 Å². The largest absolute Gasteiger partial charge is 0.573 e. The molecule has 0 amide bonds. The number of aromatic nitrogens is 2. The van der Waals surface area contributed by atoms with Crippen molar-refractivity contribution in [3.05, 3.63) is 80.9 Å². The predicted octanol–water partition coefficient (Wildman–Crippen LogP) is 4.62. The summed E-state index contributed by atoms with van der Waals surface area (Å²) in [5, 5.41) is 10.6. The van der Waals surface area contributed by atoms with Crippen LogP contribution in [0.4, 0.5) is 24.7 Å². The third-order valence-corrected chi connectivity index (χ3v) is 4.35. The van der Waals surface area contributed by atoms with E-state index in [1.807, 2.05) is 32.0 Å². The van der Waals surface area contributed by atoms with E-state index < -0.39 is 11.9 Å². The monoisotopic (exact) mass is 416 g/mol. The molecule has 0 saturated carbocycles. The average Bonchev–Trinajstić information content (AvgIpc) is 2.65. The van der Waals surface area contributed by atoms with Crippen molar-refractivity contribution >= 4 is 17.7 Å². The van der Waals surface area contributed by atoms with Gasteiger partial charge in [0.1, 0.15) is 17.4 Å². The molecule has 3 rings (SSSR count). The van der Waals surface area contributed by atoms with Crippen molar-refractivity contribution in [3.63, 3.8) is 0 Å². The van der Waals surface area contributed by atoms with E-state index in [4.69, 9.17) is 5.41 Å². The normalized spacial score (nSPS) is 11.2. The summed E-state index contributed by atoms with van der Waals surface area (Å²) in [5.74, 6) is -0.0869. The molecule has 2 aromatic carbocycles. The van der Waals surface area contributed by atoms with Gasteiger partial charge >= 0.3 is 6.36 Å². The van der Waals surface area contributed by atoms with Crippen LogP contribution in [0.5, 0.6) is 5.75 Å². The van der Waals surface area contributed by atoms with Gasteiger partial charge in [0, 0.05) is 23.9 Å². The Bertz CT molecular complexity index is 1140. The first-order valence-corrected chi connectivity index (χ1v) is 8.98. The minimum atomic E-state index is -4.84. The first kappa shape index (κ1) is 21.1. The van der Waals surface area contributed by atoms with E-state index in [2.05, 4.69) is 20.0 Å². The van der Waals surface area contributed by atoms with E-state index >= 15 is 0 Å². The number of para-hydroxylation sites is 1. The van der Waals surface area contributed by atoms with Crippen molar-refractivity contribution < 1.29 is 17.9 Å². The maximum Gasteiger partial charge on any atom is 0.573 e. The van der Waals surface area contributed by atoms with Gasteiger partial charge in [-0.2, -0.15) is 0 Å². The van der Waals surface area contributed by atoms with Gasteiger partial charge < -0.3 is 20.4 Å². The highest BCUT2D eigenvalue weighted by Gasteiger charge is 2.32. The lowest BCUT2D eigenvalue weighted by Gasteiger charge is -2.15. The van der Waals surface area contributed by atoms with Crippen molar-refractivity contribution in [2.24, 2.45) is 0 Å². The van der Waals surface area contributed by atoms with Crippen LogP contribution in [-0.4, -0.2) is 22.5 Å². The number of H-pyrrole nitrogens is 1. The van der Waals surface area contributed by atoms with Crippen LogP contribution < -0.4 is 15.6 Å². The van der Waals surface area contributed by atoms with E-state index in [1.165, 1.54) is 18.2 Å². The Balaban J connectivity index is 1.99. The van der Waals surface area contributed by atoms with Crippen molar-refractivity contribution in [3.8, 4) is 5.75 Å². The van der Waals surface area contributed by atoms with Crippen LogP contribution in [0.1, 0.15) is 28.1 Å². The van der Waals surface area contributed by atoms with Gasteiger partial charge in [-0.15, -0.1) is 13.2 Å². The zero-order valence-electron chi connectivity index (χ0n) is 16.2. The van der Waals surface area contributed by atoms with Gasteiger partial charge in [0.15, 0.2) is 0 Å². The van der Waals surface area contributed by atoms with Crippen molar-refractivity contribution in [2.75, 3.05) is 5.32 Å². The predicted molar refractivity (Wildman–Crippen MR) is 108 cm³/mol. The molecule has 0 saturated heterocycles. The molecule has 0 spiro atoms. The quantitative estimate of drug-likeness (QED) is 0.512. The van der Waals surface area contributed by atoms with E-state index in [-0.39, 0.29) is 34.9 Å².